The first-order valence-corrected chi connectivity index (χ1v) is 7.82. The van der Waals surface area contributed by atoms with Gasteiger partial charge < -0.3 is 10.1 Å². The summed E-state index contributed by atoms with van der Waals surface area (Å²) in [6.07, 6.45) is 8.81. The largest absolute Gasteiger partial charge is 0.450 e. The van der Waals surface area contributed by atoms with Crippen molar-refractivity contribution in [3.63, 3.8) is 0 Å². The van der Waals surface area contributed by atoms with Crippen LogP contribution in [0.3, 0.4) is 0 Å². The van der Waals surface area contributed by atoms with Crippen LogP contribution in [0.15, 0.2) is 30.3 Å². The monoisotopic (exact) mass is 275 g/mol. The van der Waals surface area contributed by atoms with E-state index in [1.807, 2.05) is 18.2 Å². The van der Waals surface area contributed by atoms with Crippen molar-refractivity contribution in [2.24, 2.45) is 0 Å². The minimum absolute atomic E-state index is 0.245. The van der Waals surface area contributed by atoms with Crippen molar-refractivity contribution in [1.29, 1.82) is 0 Å². The van der Waals surface area contributed by atoms with Crippen molar-refractivity contribution in [2.75, 3.05) is 6.61 Å². The van der Waals surface area contributed by atoms with E-state index < -0.39 is 0 Å². The molecule has 1 N–H and O–H groups in total. The molecule has 1 amide bonds. The Bertz CT molecular complexity index is 383. The number of hydrogen-bond acceptors (Lipinski definition) is 2. The van der Waals surface area contributed by atoms with Crippen LogP contribution in [-0.4, -0.2) is 18.7 Å². The zero-order chi connectivity index (χ0) is 14.0. The first-order valence-electron chi connectivity index (χ1n) is 7.82. The SMILES string of the molecule is O=C(NC1CCCCCC1)OCCCc1ccccc1. The number of carbonyl (C=O) groups is 1. The van der Waals surface area contributed by atoms with Gasteiger partial charge in [-0.3, -0.25) is 0 Å². The predicted molar refractivity (Wildman–Crippen MR) is 80.7 cm³/mol. The molecule has 0 bridgehead atoms. The van der Waals surface area contributed by atoms with E-state index in [-0.39, 0.29) is 6.09 Å². The number of carbonyl (C=O) groups excluding carboxylic acids is 1. The molecule has 110 valence electrons. The fourth-order valence-corrected chi connectivity index (χ4v) is 2.72. The van der Waals surface area contributed by atoms with Crippen molar-refractivity contribution in [3.05, 3.63) is 35.9 Å². The van der Waals surface area contributed by atoms with Gasteiger partial charge in [0.05, 0.1) is 6.61 Å². The highest BCUT2D eigenvalue weighted by Gasteiger charge is 2.14. The van der Waals surface area contributed by atoms with Crippen molar-refractivity contribution in [1.82, 2.24) is 5.32 Å². The zero-order valence-electron chi connectivity index (χ0n) is 12.1. The smallest absolute Gasteiger partial charge is 0.407 e. The van der Waals surface area contributed by atoms with Gasteiger partial charge in [-0.1, -0.05) is 56.0 Å². The molecule has 0 saturated heterocycles. The molecule has 1 aliphatic carbocycles. The van der Waals surface area contributed by atoms with Crippen molar-refractivity contribution >= 4 is 6.09 Å². The third-order valence-electron chi connectivity index (χ3n) is 3.86. The fraction of sp³-hybridized carbons (Fsp3) is 0.588. The Morgan fingerprint density at radius 3 is 2.50 bits per heavy atom. The van der Waals surface area contributed by atoms with E-state index in [2.05, 4.69) is 17.4 Å². The van der Waals surface area contributed by atoms with E-state index in [1.165, 1.54) is 31.2 Å². The summed E-state index contributed by atoms with van der Waals surface area (Å²) in [5, 5.41) is 3.00. The second-order valence-electron chi connectivity index (χ2n) is 5.56. The third-order valence-corrected chi connectivity index (χ3v) is 3.86. The Kier molecular flexibility index (Phi) is 6.42. The number of benzene rings is 1. The molecular formula is C17H25NO2. The number of alkyl carbamates (subject to hydrolysis) is 1. The molecule has 1 fully saturated rings. The number of nitrogens with one attached hydrogen (secondary N) is 1. The van der Waals surface area contributed by atoms with Crippen LogP contribution in [0.2, 0.25) is 0 Å². The van der Waals surface area contributed by atoms with Gasteiger partial charge >= 0.3 is 6.09 Å². The van der Waals surface area contributed by atoms with Crippen LogP contribution in [0.4, 0.5) is 4.79 Å². The maximum Gasteiger partial charge on any atom is 0.407 e. The molecule has 1 aromatic carbocycles. The Balaban J connectivity index is 1.58. The number of ether oxygens (including phenoxy) is 1. The van der Waals surface area contributed by atoms with Gasteiger partial charge in [-0.2, -0.15) is 0 Å². The summed E-state index contributed by atoms with van der Waals surface area (Å²) in [7, 11) is 0. The lowest BCUT2D eigenvalue weighted by Gasteiger charge is -2.15. The van der Waals surface area contributed by atoms with Gasteiger partial charge in [-0.25, -0.2) is 4.79 Å². The van der Waals surface area contributed by atoms with Crippen molar-refractivity contribution in [3.8, 4) is 0 Å². The van der Waals surface area contributed by atoms with Gasteiger partial charge in [0.2, 0.25) is 0 Å². The lowest BCUT2D eigenvalue weighted by Crippen LogP contribution is -2.35. The lowest BCUT2D eigenvalue weighted by atomic mass is 10.1. The summed E-state index contributed by atoms with van der Waals surface area (Å²) in [5.74, 6) is 0. The zero-order valence-corrected chi connectivity index (χ0v) is 12.1. The Labute approximate surface area is 121 Å². The fourth-order valence-electron chi connectivity index (χ4n) is 2.72. The summed E-state index contributed by atoms with van der Waals surface area (Å²) in [5.41, 5.74) is 1.29. The van der Waals surface area contributed by atoms with E-state index >= 15 is 0 Å². The average molecular weight is 275 g/mol. The Morgan fingerprint density at radius 2 is 1.80 bits per heavy atom. The highest BCUT2D eigenvalue weighted by molar-refractivity contribution is 5.67. The number of aryl methyl sites for hydroxylation is 1. The number of hydrogen-bond donors (Lipinski definition) is 1. The number of rotatable bonds is 5. The van der Waals surface area contributed by atoms with E-state index in [4.69, 9.17) is 4.74 Å². The van der Waals surface area contributed by atoms with Gasteiger partial charge in [-0.05, 0) is 31.2 Å². The van der Waals surface area contributed by atoms with Crippen LogP contribution in [-0.2, 0) is 11.2 Å². The highest BCUT2D eigenvalue weighted by Crippen LogP contribution is 2.17. The molecule has 0 aliphatic heterocycles. The molecule has 1 aromatic rings. The molecule has 20 heavy (non-hydrogen) atoms. The van der Waals surface area contributed by atoms with Gasteiger partial charge in [-0.15, -0.1) is 0 Å². The molecular weight excluding hydrogens is 250 g/mol. The number of amides is 1. The molecule has 0 aromatic heterocycles. The first-order chi connectivity index (χ1) is 9.84. The third kappa shape index (κ3) is 5.64. The summed E-state index contributed by atoms with van der Waals surface area (Å²) in [6.45, 7) is 0.493. The van der Waals surface area contributed by atoms with Gasteiger partial charge in [0, 0.05) is 6.04 Å². The molecule has 0 spiro atoms. The predicted octanol–water partition coefficient (Wildman–Crippen LogP) is 4.07. The van der Waals surface area contributed by atoms with Crippen LogP contribution >= 0.6 is 0 Å². The quantitative estimate of drug-likeness (QED) is 0.650. The molecule has 0 unspecified atom stereocenters. The lowest BCUT2D eigenvalue weighted by molar-refractivity contribution is 0.140. The van der Waals surface area contributed by atoms with E-state index in [1.54, 1.807) is 0 Å². The second kappa shape index (κ2) is 8.62. The summed E-state index contributed by atoms with van der Waals surface area (Å²) >= 11 is 0. The molecule has 1 saturated carbocycles. The normalized spacial score (nSPS) is 16.4. The van der Waals surface area contributed by atoms with Gasteiger partial charge in [0.25, 0.3) is 0 Å². The highest BCUT2D eigenvalue weighted by atomic mass is 16.5. The Hall–Kier alpha value is -1.51. The first kappa shape index (κ1) is 14.9. The van der Waals surface area contributed by atoms with Crippen molar-refractivity contribution in [2.45, 2.75) is 57.4 Å². The molecule has 2 rings (SSSR count). The minimum Gasteiger partial charge on any atom is -0.450 e. The molecule has 1 aliphatic rings. The average Bonchev–Trinajstić information content (AvgIpc) is 2.73. The molecule has 3 heteroatoms. The van der Waals surface area contributed by atoms with E-state index in [0.29, 0.717) is 12.6 Å². The summed E-state index contributed by atoms with van der Waals surface area (Å²) < 4.78 is 5.26. The molecule has 3 nitrogen and oxygen atoms in total. The van der Waals surface area contributed by atoms with Gasteiger partial charge in [0.1, 0.15) is 0 Å². The van der Waals surface area contributed by atoms with Crippen LogP contribution < -0.4 is 5.32 Å². The van der Waals surface area contributed by atoms with Crippen LogP contribution in [0, 0.1) is 0 Å². The second-order valence-corrected chi connectivity index (χ2v) is 5.56. The maximum atomic E-state index is 11.7. The van der Waals surface area contributed by atoms with Crippen molar-refractivity contribution < 1.29 is 9.53 Å². The van der Waals surface area contributed by atoms with Crippen LogP contribution in [0.1, 0.15) is 50.5 Å². The minimum atomic E-state index is -0.245. The van der Waals surface area contributed by atoms with Crippen LogP contribution in [0.5, 0.6) is 0 Å². The van der Waals surface area contributed by atoms with E-state index in [0.717, 1.165) is 25.7 Å². The summed E-state index contributed by atoms with van der Waals surface area (Å²) in [4.78, 5) is 11.7. The molecule has 0 heterocycles. The van der Waals surface area contributed by atoms with Crippen LogP contribution in [0.25, 0.3) is 0 Å². The molecule has 0 atom stereocenters. The van der Waals surface area contributed by atoms with Gasteiger partial charge in [0.15, 0.2) is 0 Å². The van der Waals surface area contributed by atoms with E-state index in [9.17, 15) is 4.79 Å². The molecule has 0 radical (unpaired) electrons. The topological polar surface area (TPSA) is 38.3 Å². The Morgan fingerprint density at radius 1 is 1.10 bits per heavy atom. The summed E-state index contributed by atoms with van der Waals surface area (Å²) in [6, 6.07) is 10.6. The standard InChI is InChI=1S/C17H25NO2/c19-17(18-16-12-6-1-2-7-13-16)20-14-8-11-15-9-4-3-5-10-15/h3-5,9-10,16H,1-2,6-8,11-14H2,(H,18,19). The maximum absolute atomic E-state index is 11.7.